The number of allylic oxidation sites excluding steroid dienone is 1. The third-order valence-electron chi connectivity index (χ3n) is 5.68. The van der Waals surface area contributed by atoms with Crippen LogP contribution in [0.5, 0.6) is 0 Å². The van der Waals surface area contributed by atoms with Crippen molar-refractivity contribution in [3.63, 3.8) is 0 Å². The summed E-state index contributed by atoms with van der Waals surface area (Å²) in [5.74, 6) is 0.498. The molecule has 2 N–H and O–H groups in total. The van der Waals surface area contributed by atoms with Gasteiger partial charge in [0.2, 0.25) is 0 Å². The fraction of sp³-hybridized carbons (Fsp3) is 0.320. The van der Waals surface area contributed by atoms with Crippen LogP contribution in [0, 0.1) is 0 Å². The molecule has 2 heterocycles. The molecule has 3 aromatic rings. The quantitative estimate of drug-likeness (QED) is 0.521. The zero-order valence-electron chi connectivity index (χ0n) is 19.3. The van der Waals surface area contributed by atoms with Crippen molar-refractivity contribution in [2.45, 2.75) is 52.2 Å². The molecule has 0 bridgehead atoms. The number of nitrogens with zero attached hydrogens (tertiary/aromatic N) is 5. The predicted octanol–water partition coefficient (Wildman–Crippen LogP) is 4.52. The maximum atomic E-state index is 12.9. The van der Waals surface area contributed by atoms with Crippen molar-refractivity contribution in [3.05, 3.63) is 66.4 Å². The molecule has 0 unspecified atom stereocenters. The van der Waals surface area contributed by atoms with Crippen molar-refractivity contribution in [1.29, 1.82) is 0 Å². The van der Waals surface area contributed by atoms with E-state index in [1.54, 1.807) is 45.6 Å². The molecule has 0 atom stereocenters. The molecule has 1 amide bonds. The molecule has 0 aliphatic heterocycles. The number of benzene rings is 1. The Hall–Kier alpha value is -3.65. The van der Waals surface area contributed by atoms with Gasteiger partial charge in [-0.3, -0.25) is 14.8 Å². The van der Waals surface area contributed by atoms with Gasteiger partial charge in [0, 0.05) is 35.4 Å². The van der Waals surface area contributed by atoms with E-state index in [0.29, 0.717) is 23.1 Å². The maximum absolute atomic E-state index is 12.9. The number of anilines is 1. The van der Waals surface area contributed by atoms with Gasteiger partial charge in [-0.2, -0.15) is 0 Å². The molecule has 1 aliphatic carbocycles. The van der Waals surface area contributed by atoms with E-state index in [1.165, 1.54) is 0 Å². The molecule has 1 aliphatic rings. The third-order valence-corrected chi connectivity index (χ3v) is 5.68. The van der Waals surface area contributed by atoms with Crippen LogP contribution in [0.25, 0.3) is 17.0 Å². The highest BCUT2D eigenvalue weighted by Gasteiger charge is 2.26. The van der Waals surface area contributed by atoms with Crippen LogP contribution in [0.4, 0.5) is 5.69 Å². The van der Waals surface area contributed by atoms with Crippen molar-refractivity contribution in [1.82, 2.24) is 19.7 Å². The second kappa shape index (κ2) is 9.07. The smallest absolute Gasteiger partial charge is 0.274 e. The van der Waals surface area contributed by atoms with Gasteiger partial charge in [0.15, 0.2) is 5.82 Å². The van der Waals surface area contributed by atoms with Gasteiger partial charge in [-0.05, 0) is 75.9 Å². The van der Waals surface area contributed by atoms with Crippen LogP contribution in [-0.4, -0.2) is 42.1 Å². The minimum absolute atomic E-state index is 0.301. The Balaban J connectivity index is 1.51. The van der Waals surface area contributed by atoms with E-state index in [4.69, 9.17) is 0 Å². The number of aliphatic imine (C=N–C) groups is 1. The van der Waals surface area contributed by atoms with E-state index in [1.807, 2.05) is 37.3 Å². The molecule has 1 fully saturated rings. The molecule has 2 aromatic heterocycles. The van der Waals surface area contributed by atoms with Gasteiger partial charge in [-0.1, -0.05) is 12.1 Å². The molecule has 0 radical (unpaired) electrons. The SMILES string of the molecule is CC(=N/C=C(\C)c1ccnc(C(=O)Nc2cccc(-c3nncn3C3CC3)c2)c1)C(C)(C)O. The second-order valence-electron chi connectivity index (χ2n) is 8.84. The number of carbonyl (C=O) groups excluding carboxylic acids is 1. The van der Waals surface area contributed by atoms with Crippen LogP contribution in [0.15, 0.2) is 60.1 Å². The number of hydrogen-bond donors (Lipinski definition) is 2. The number of nitrogens with one attached hydrogen (secondary N) is 1. The third kappa shape index (κ3) is 5.40. The molecule has 170 valence electrons. The van der Waals surface area contributed by atoms with Crippen LogP contribution in [0.2, 0.25) is 0 Å². The fourth-order valence-corrected chi connectivity index (χ4v) is 3.23. The minimum atomic E-state index is -0.986. The van der Waals surface area contributed by atoms with E-state index in [9.17, 15) is 9.90 Å². The Bertz CT molecular complexity index is 1230. The molecule has 33 heavy (non-hydrogen) atoms. The summed E-state index contributed by atoms with van der Waals surface area (Å²) in [6.07, 6.45) is 7.32. The van der Waals surface area contributed by atoms with Crippen molar-refractivity contribution >= 4 is 22.9 Å². The summed E-state index contributed by atoms with van der Waals surface area (Å²) in [6.45, 7) is 7.05. The first-order valence-electron chi connectivity index (χ1n) is 10.9. The summed E-state index contributed by atoms with van der Waals surface area (Å²) in [6, 6.07) is 11.6. The summed E-state index contributed by atoms with van der Waals surface area (Å²) in [4.78, 5) is 21.5. The van der Waals surface area contributed by atoms with Crippen molar-refractivity contribution in [2.75, 3.05) is 5.32 Å². The number of aromatic nitrogens is 4. The van der Waals surface area contributed by atoms with Gasteiger partial charge in [0.1, 0.15) is 12.0 Å². The minimum Gasteiger partial charge on any atom is -0.385 e. The second-order valence-corrected chi connectivity index (χ2v) is 8.84. The van der Waals surface area contributed by atoms with Gasteiger partial charge in [-0.25, -0.2) is 0 Å². The van der Waals surface area contributed by atoms with Crippen molar-refractivity contribution in [2.24, 2.45) is 4.99 Å². The zero-order valence-corrected chi connectivity index (χ0v) is 19.3. The molecular formula is C25H28N6O2. The van der Waals surface area contributed by atoms with Crippen LogP contribution in [0.3, 0.4) is 0 Å². The maximum Gasteiger partial charge on any atom is 0.274 e. The number of carbonyl (C=O) groups is 1. The lowest BCUT2D eigenvalue weighted by molar-refractivity contribution is 0.102. The summed E-state index contributed by atoms with van der Waals surface area (Å²) in [7, 11) is 0. The summed E-state index contributed by atoms with van der Waals surface area (Å²) in [5.41, 5.74) is 3.16. The molecule has 0 saturated heterocycles. The molecule has 0 spiro atoms. The van der Waals surface area contributed by atoms with Crippen LogP contribution >= 0.6 is 0 Å². The lowest BCUT2D eigenvalue weighted by atomic mass is 10.0. The van der Waals surface area contributed by atoms with Gasteiger partial charge in [-0.15, -0.1) is 10.2 Å². The number of pyridine rings is 1. The Kier molecular flexibility index (Phi) is 6.20. The number of hydrogen-bond acceptors (Lipinski definition) is 6. The molecule has 8 nitrogen and oxygen atoms in total. The topological polar surface area (TPSA) is 105 Å². The van der Waals surface area contributed by atoms with Gasteiger partial charge >= 0.3 is 0 Å². The average molecular weight is 445 g/mol. The van der Waals surface area contributed by atoms with E-state index in [-0.39, 0.29) is 5.91 Å². The standard InChI is InChI=1S/C25H28N6O2/c1-16(14-27-17(2)25(3,4)33)18-10-11-26-22(13-18)24(32)29-20-7-5-6-19(12-20)23-30-28-15-31(23)21-8-9-21/h5-7,10-15,21,33H,8-9H2,1-4H3,(H,29,32)/b16-14+,27-17?. The van der Waals surface area contributed by atoms with Crippen LogP contribution < -0.4 is 5.32 Å². The first kappa shape index (κ1) is 22.5. The van der Waals surface area contributed by atoms with E-state index >= 15 is 0 Å². The lowest BCUT2D eigenvalue weighted by Gasteiger charge is -2.15. The molecule has 1 aromatic carbocycles. The monoisotopic (exact) mass is 444 g/mol. The molecule has 8 heteroatoms. The van der Waals surface area contributed by atoms with Gasteiger partial charge in [0.25, 0.3) is 5.91 Å². The largest absolute Gasteiger partial charge is 0.385 e. The highest BCUT2D eigenvalue weighted by Crippen LogP contribution is 2.37. The van der Waals surface area contributed by atoms with Crippen LogP contribution in [0.1, 0.15) is 62.6 Å². The first-order valence-corrected chi connectivity index (χ1v) is 10.9. The molecule has 4 rings (SSSR count). The Labute approximate surface area is 193 Å². The Morgan fingerprint density at radius 3 is 2.76 bits per heavy atom. The molecule has 1 saturated carbocycles. The number of rotatable bonds is 7. The van der Waals surface area contributed by atoms with Gasteiger partial charge < -0.3 is 15.0 Å². The average Bonchev–Trinajstić information content (AvgIpc) is 3.52. The summed E-state index contributed by atoms with van der Waals surface area (Å²) >= 11 is 0. The highest BCUT2D eigenvalue weighted by molar-refractivity contribution is 6.03. The molecular weight excluding hydrogens is 416 g/mol. The van der Waals surface area contributed by atoms with E-state index in [2.05, 4.69) is 30.1 Å². The van der Waals surface area contributed by atoms with E-state index in [0.717, 1.165) is 35.4 Å². The predicted molar refractivity (Wildman–Crippen MR) is 129 cm³/mol. The first-order chi connectivity index (χ1) is 15.7. The van der Waals surface area contributed by atoms with Crippen LogP contribution in [-0.2, 0) is 0 Å². The summed E-state index contributed by atoms with van der Waals surface area (Å²) in [5, 5.41) is 21.3. The lowest BCUT2D eigenvalue weighted by Crippen LogP contribution is -2.28. The Morgan fingerprint density at radius 1 is 1.24 bits per heavy atom. The van der Waals surface area contributed by atoms with Crippen molar-refractivity contribution in [3.8, 4) is 11.4 Å². The normalized spacial score (nSPS) is 14.9. The zero-order chi connectivity index (χ0) is 23.6. The van der Waals surface area contributed by atoms with Gasteiger partial charge in [0.05, 0.1) is 5.60 Å². The fourth-order valence-electron chi connectivity index (χ4n) is 3.23. The Morgan fingerprint density at radius 2 is 2.03 bits per heavy atom. The van der Waals surface area contributed by atoms with E-state index < -0.39 is 5.60 Å². The van der Waals surface area contributed by atoms with Crippen molar-refractivity contribution < 1.29 is 9.90 Å². The number of aliphatic hydroxyl groups is 1. The summed E-state index contributed by atoms with van der Waals surface area (Å²) < 4.78 is 2.09. The highest BCUT2D eigenvalue weighted by atomic mass is 16.3. The number of amides is 1.